The van der Waals surface area contributed by atoms with Crippen molar-refractivity contribution in [1.29, 1.82) is 0 Å². The fourth-order valence-electron chi connectivity index (χ4n) is 2.64. The van der Waals surface area contributed by atoms with Gasteiger partial charge in [0.2, 0.25) is 15.9 Å². The lowest BCUT2D eigenvalue weighted by Crippen LogP contribution is -2.58. The highest BCUT2D eigenvalue weighted by atomic mass is 35.5. The van der Waals surface area contributed by atoms with E-state index in [1.165, 1.54) is 41.3 Å². The molecule has 1 aliphatic rings. The van der Waals surface area contributed by atoms with E-state index in [-0.39, 0.29) is 27.9 Å². The number of amides is 1. The van der Waals surface area contributed by atoms with Gasteiger partial charge in [0, 0.05) is 18.1 Å². The molecule has 0 bridgehead atoms. The molecule has 1 fully saturated rings. The number of nitrogens with one attached hydrogen (secondary N) is 1. The fraction of sp³-hybridized carbons (Fsp3) is 0.235. The number of hydrogen-bond donors (Lipinski definition) is 1. The second kappa shape index (κ2) is 7.78. The van der Waals surface area contributed by atoms with E-state index in [1.807, 2.05) is 0 Å². The maximum atomic E-state index is 13.0. The number of nitrogens with zero attached hydrogens (tertiary/aromatic N) is 1. The minimum absolute atomic E-state index is 0.0207. The van der Waals surface area contributed by atoms with E-state index in [0.29, 0.717) is 0 Å². The van der Waals surface area contributed by atoms with E-state index in [4.69, 9.17) is 11.6 Å². The highest BCUT2D eigenvalue weighted by molar-refractivity contribution is 7.92. The van der Waals surface area contributed by atoms with Gasteiger partial charge >= 0.3 is 0 Å². The van der Waals surface area contributed by atoms with Crippen molar-refractivity contribution in [3.05, 3.63) is 59.4 Å². The Balaban J connectivity index is 1.57. The number of hydrogen-bond acceptors (Lipinski definition) is 5. The fourth-order valence-corrected chi connectivity index (χ4v) is 5.57. The highest BCUT2D eigenvalue weighted by Crippen LogP contribution is 2.24. The summed E-state index contributed by atoms with van der Waals surface area (Å²) in [5.41, 5.74) is 0. The zero-order chi connectivity index (χ0) is 20.5. The molecule has 1 amide bonds. The van der Waals surface area contributed by atoms with E-state index < -0.39 is 43.4 Å². The number of benzene rings is 2. The monoisotopic (exact) mass is 446 g/mol. The molecule has 2 aromatic carbocycles. The molecule has 0 radical (unpaired) electrons. The molecule has 0 spiro atoms. The quantitative estimate of drug-likeness (QED) is 0.677. The van der Waals surface area contributed by atoms with Gasteiger partial charge in [-0.15, -0.1) is 0 Å². The number of likely N-dealkylation sites (tertiary alicyclic amines) is 1. The van der Waals surface area contributed by atoms with Gasteiger partial charge in [-0.1, -0.05) is 17.7 Å². The van der Waals surface area contributed by atoms with E-state index in [9.17, 15) is 26.0 Å². The molecule has 0 aromatic heterocycles. The summed E-state index contributed by atoms with van der Waals surface area (Å²) in [4.78, 5) is 13.3. The van der Waals surface area contributed by atoms with Gasteiger partial charge in [0.05, 0.1) is 16.3 Å². The minimum atomic E-state index is -3.92. The zero-order valence-electron chi connectivity index (χ0n) is 14.4. The van der Waals surface area contributed by atoms with Crippen molar-refractivity contribution >= 4 is 37.4 Å². The van der Waals surface area contributed by atoms with Gasteiger partial charge in [0.15, 0.2) is 9.84 Å². The van der Waals surface area contributed by atoms with E-state index in [2.05, 4.69) is 4.72 Å². The Morgan fingerprint density at radius 3 is 2.32 bits per heavy atom. The van der Waals surface area contributed by atoms with Crippen molar-refractivity contribution in [2.45, 2.75) is 15.0 Å². The molecule has 0 unspecified atom stereocenters. The van der Waals surface area contributed by atoms with Gasteiger partial charge in [0.25, 0.3) is 0 Å². The Bertz CT molecular complexity index is 1100. The third-order valence-electron chi connectivity index (χ3n) is 4.30. The van der Waals surface area contributed by atoms with Crippen LogP contribution < -0.4 is 4.72 Å². The van der Waals surface area contributed by atoms with Crippen LogP contribution in [0.1, 0.15) is 0 Å². The predicted molar refractivity (Wildman–Crippen MR) is 101 cm³/mol. The van der Waals surface area contributed by atoms with Crippen LogP contribution >= 0.6 is 11.6 Å². The van der Waals surface area contributed by atoms with Crippen molar-refractivity contribution in [2.24, 2.45) is 0 Å². The molecular weight excluding hydrogens is 431 g/mol. The molecule has 11 heteroatoms. The first kappa shape index (κ1) is 20.7. The molecule has 2 aromatic rings. The lowest BCUT2D eigenvalue weighted by molar-refractivity contribution is -0.133. The number of rotatable bonds is 6. The Morgan fingerprint density at radius 1 is 1.07 bits per heavy atom. The first-order chi connectivity index (χ1) is 13.1. The zero-order valence-corrected chi connectivity index (χ0v) is 16.8. The molecule has 1 N–H and O–H groups in total. The molecule has 0 atom stereocenters. The second-order valence-corrected chi connectivity index (χ2v) is 10.6. The van der Waals surface area contributed by atoms with Crippen LogP contribution in [0.4, 0.5) is 4.39 Å². The lowest BCUT2D eigenvalue weighted by atomic mass is 10.2. The third-order valence-corrected chi connectivity index (χ3v) is 8.04. The topological polar surface area (TPSA) is 101 Å². The molecule has 0 saturated carbocycles. The van der Waals surface area contributed by atoms with Crippen molar-refractivity contribution in [3.63, 3.8) is 0 Å². The number of sulfonamides is 1. The van der Waals surface area contributed by atoms with Crippen molar-refractivity contribution in [2.75, 3.05) is 19.6 Å². The highest BCUT2D eigenvalue weighted by Gasteiger charge is 2.40. The van der Waals surface area contributed by atoms with Crippen LogP contribution in [-0.4, -0.2) is 52.5 Å². The Kier molecular flexibility index (Phi) is 5.76. The van der Waals surface area contributed by atoms with Crippen LogP contribution in [0.5, 0.6) is 0 Å². The lowest BCUT2D eigenvalue weighted by Gasteiger charge is -2.38. The number of sulfone groups is 1. The maximum Gasteiger partial charge on any atom is 0.241 e. The minimum Gasteiger partial charge on any atom is -0.339 e. The Labute approximate surface area is 167 Å². The summed E-state index contributed by atoms with van der Waals surface area (Å²) in [5, 5.41) is -0.572. The first-order valence-electron chi connectivity index (χ1n) is 8.12. The van der Waals surface area contributed by atoms with Crippen LogP contribution in [0.25, 0.3) is 0 Å². The van der Waals surface area contributed by atoms with Crippen LogP contribution in [0.2, 0.25) is 5.02 Å². The average molecular weight is 447 g/mol. The van der Waals surface area contributed by atoms with Crippen LogP contribution in [-0.2, 0) is 24.7 Å². The molecule has 7 nitrogen and oxygen atoms in total. The Hall–Kier alpha value is -2.01. The van der Waals surface area contributed by atoms with E-state index >= 15 is 0 Å². The van der Waals surface area contributed by atoms with Gasteiger partial charge in [-0.25, -0.2) is 25.9 Å². The SMILES string of the molecule is O=C(CNS(=O)(=O)c1cccc(Cl)c1)N1CC(S(=O)(=O)c2ccc(F)cc2)C1. The van der Waals surface area contributed by atoms with Gasteiger partial charge in [-0.2, -0.15) is 0 Å². The standard InChI is InChI=1S/C17H16ClFN2O5S2/c18-12-2-1-3-15(8-12)28(25,26)20-9-17(22)21-10-16(11-21)27(23,24)14-6-4-13(19)5-7-14/h1-8,16,20H,9-11H2. The molecule has 1 saturated heterocycles. The van der Waals surface area contributed by atoms with Gasteiger partial charge in [0.1, 0.15) is 11.1 Å². The van der Waals surface area contributed by atoms with Gasteiger partial charge in [-0.05, 0) is 42.5 Å². The van der Waals surface area contributed by atoms with Crippen LogP contribution in [0.15, 0.2) is 58.3 Å². The van der Waals surface area contributed by atoms with Crippen molar-refractivity contribution in [3.8, 4) is 0 Å². The molecule has 1 heterocycles. The third kappa shape index (κ3) is 4.35. The number of carbonyl (C=O) groups excluding carboxylic acids is 1. The first-order valence-corrected chi connectivity index (χ1v) is 11.5. The predicted octanol–water partition coefficient (Wildman–Crippen LogP) is 1.44. The second-order valence-electron chi connectivity index (χ2n) is 6.20. The normalized spacial score (nSPS) is 15.3. The summed E-state index contributed by atoms with van der Waals surface area (Å²) in [5.74, 6) is -1.09. The summed E-state index contributed by atoms with van der Waals surface area (Å²) >= 11 is 5.77. The smallest absolute Gasteiger partial charge is 0.241 e. The molecule has 150 valence electrons. The van der Waals surface area contributed by atoms with Crippen LogP contribution in [0, 0.1) is 5.82 Å². The Morgan fingerprint density at radius 2 is 1.71 bits per heavy atom. The van der Waals surface area contributed by atoms with Gasteiger partial charge in [-0.3, -0.25) is 4.79 Å². The molecule has 28 heavy (non-hydrogen) atoms. The molecular formula is C17H16ClFN2O5S2. The summed E-state index contributed by atoms with van der Waals surface area (Å²) < 4.78 is 64.4. The average Bonchev–Trinajstić information content (AvgIpc) is 2.59. The molecule has 0 aliphatic carbocycles. The van der Waals surface area contributed by atoms with Crippen molar-refractivity contribution in [1.82, 2.24) is 9.62 Å². The summed E-state index contributed by atoms with van der Waals surface area (Å²) in [7, 11) is -7.61. The summed E-state index contributed by atoms with van der Waals surface area (Å²) in [6.07, 6.45) is 0. The van der Waals surface area contributed by atoms with E-state index in [0.717, 1.165) is 12.1 Å². The summed E-state index contributed by atoms with van der Waals surface area (Å²) in [6, 6.07) is 10.0. The number of carbonyl (C=O) groups is 1. The largest absolute Gasteiger partial charge is 0.339 e. The van der Waals surface area contributed by atoms with Crippen LogP contribution in [0.3, 0.4) is 0 Å². The molecule has 1 aliphatic heterocycles. The van der Waals surface area contributed by atoms with E-state index in [1.54, 1.807) is 0 Å². The maximum absolute atomic E-state index is 13.0. The summed E-state index contributed by atoms with van der Waals surface area (Å²) in [6.45, 7) is -0.618. The van der Waals surface area contributed by atoms with Crippen molar-refractivity contribution < 1.29 is 26.0 Å². The molecule has 3 rings (SSSR count). The number of halogens is 2. The van der Waals surface area contributed by atoms with Gasteiger partial charge < -0.3 is 4.90 Å².